The summed E-state index contributed by atoms with van der Waals surface area (Å²) in [4.78, 5) is 38.8. The van der Waals surface area contributed by atoms with Crippen molar-refractivity contribution in [2.24, 2.45) is 5.92 Å². The smallest absolute Gasteiger partial charge is 0.277 e. The first-order valence-electron chi connectivity index (χ1n) is 10.3. The van der Waals surface area contributed by atoms with E-state index in [0.717, 1.165) is 32.9 Å². The predicted octanol–water partition coefficient (Wildman–Crippen LogP) is 3.75. The van der Waals surface area contributed by atoms with E-state index in [1.165, 1.54) is 6.92 Å². The first kappa shape index (κ1) is 22.3. The standard InChI is InChI=1S/C25H28N2O4/c1-15(2)23-24(29)26-22(25(30)27(23)18(5)28)13-21-16(3)11-20(12-17(21)4)31-14-19-9-7-6-8-10-19/h6-13,15,23H,14H2,1-5H3,(H,26,29)/b22-13-/t23-/m0/s1. The first-order valence-corrected chi connectivity index (χ1v) is 10.3. The second-order valence-electron chi connectivity index (χ2n) is 8.18. The molecular formula is C25H28N2O4. The van der Waals surface area contributed by atoms with Crippen LogP contribution < -0.4 is 10.1 Å². The highest BCUT2D eigenvalue weighted by Gasteiger charge is 2.41. The van der Waals surface area contributed by atoms with Crippen molar-refractivity contribution in [1.82, 2.24) is 10.2 Å². The molecule has 3 amide bonds. The molecule has 0 radical (unpaired) electrons. The lowest BCUT2D eigenvalue weighted by molar-refractivity contribution is -0.153. The van der Waals surface area contributed by atoms with Gasteiger partial charge in [0.25, 0.3) is 5.91 Å². The minimum absolute atomic E-state index is 0.0984. The van der Waals surface area contributed by atoms with Crippen LogP contribution in [0.5, 0.6) is 5.75 Å². The zero-order chi connectivity index (χ0) is 22.7. The molecule has 1 saturated heterocycles. The molecule has 0 saturated carbocycles. The second kappa shape index (κ2) is 9.16. The number of ether oxygens (including phenoxy) is 1. The van der Waals surface area contributed by atoms with Crippen LogP contribution in [0.25, 0.3) is 6.08 Å². The van der Waals surface area contributed by atoms with E-state index in [0.29, 0.717) is 6.61 Å². The Morgan fingerprint density at radius 2 is 1.74 bits per heavy atom. The summed E-state index contributed by atoms with van der Waals surface area (Å²) in [5.41, 5.74) is 3.78. The van der Waals surface area contributed by atoms with Gasteiger partial charge in [0.15, 0.2) is 0 Å². The lowest BCUT2D eigenvalue weighted by Gasteiger charge is -2.36. The van der Waals surface area contributed by atoms with Gasteiger partial charge in [0, 0.05) is 6.92 Å². The average Bonchev–Trinajstić information content (AvgIpc) is 2.71. The molecule has 0 unspecified atom stereocenters. The number of hydrogen-bond acceptors (Lipinski definition) is 4. The van der Waals surface area contributed by atoms with Crippen molar-refractivity contribution in [2.45, 2.75) is 47.3 Å². The van der Waals surface area contributed by atoms with Crippen molar-refractivity contribution in [3.8, 4) is 5.75 Å². The Morgan fingerprint density at radius 1 is 1.13 bits per heavy atom. The number of hydrogen-bond donors (Lipinski definition) is 1. The number of piperazine rings is 1. The molecule has 1 aliphatic heterocycles. The summed E-state index contributed by atoms with van der Waals surface area (Å²) >= 11 is 0. The highest BCUT2D eigenvalue weighted by atomic mass is 16.5. The van der Waals surface area contributed by atoms with E-state index in [1.54, 1.807) is 6.08 Å². The van der Waals surface area contributed by atoms with Gasteiger partial charge in [0.2, 0.25) is 11.8 Å². The number of imide groups is 1. The maximum absolute atomic E-state index is 13.0. The number of nitrogens with one attached hydrogen (secondary N) is 1. The monoisotopic (exact) mass is 420 g/mol. The predicted molar refractivity (Wildman–Crippen MR) is 119 cm³/mol. The Morgan fingerprint density at radius 3 is 2.29 bits per heavy atom. The molecule has 2 aromatic rings. The molecule has 3 rings (SSSR count). The molecule has 2 aromatic carbocycles. The van der Waals surface area contributed by atoms with Crippen LogP contribution in [0.3, 0.4) is 0 Å². The Bertz CT molecular complexity index is 1020. The van der Waals surface area contributed by atoms with E-state index in [4.69, 9.17) is 4.74 Å². The van der Waals surface area contributed by atoms with Crippen molar-refractivity contribution >= 4 is 23.8 Å². The van der Waals surface area contributed by atoms with Crippen molar-refractivity contribution in [2.75, 3.05) is 0 Å². The third kappa shape index (κ3) is 4.85. The van der Waals surface area contributed by atoms with E-state index in [-0.39, 0.29) is 17.5 Å². The molecule has 1 N–H and O–H groups in total. The number of carbonyl (C=O) groups is 3. The third-order valence-corrected chi connectivity index (χ3v) is 5.33. The number of carbonyl (C=O) groups excluding carboxylic acids is 3. The third-order valence-electron chi connectivity index (χ3n) is 5.33. The van der Waals surface area contributed by atoms with E-state index < -0.39 is 17.9 Å². The molecule has 0 aromatic heterocycles. The van der Waals surface area contributed by atoms with Crippen LogP contribution in [-0.2, 0) is 21.0 Å². The molecule has 0 spiro atoms. The Balaban J connectivity index is 1.88. The highest BCUT2D eigenvalue weighted by molar-refractivity contribution is 6.14. The van der Waals surface area contributed by atoms with Crippen molar-refractivity contribution < 1.29 is 19.1 Å². The normalized spacial score (nSPS) is 17.8. The molecule has 1 heterocycles. The molecule has 31 heavy (non-hydrogen) atoms. The summed E-state index contributed by atoms with van der Waals surface area (Å²) in [7, 11) is 0. The maximum Gasteiger partial charge on any atom is 0.277 e. The van der Waals surface area contributed by atoms with Crippen molar-refractivity contribution in [3.05, 3.63) is 70.4 Å². The number of aryl methyl sites for hydroxylation is 2. The summed E-state index contributed by atoms with van der Waals surface area (Å²) < 4.78 is 5.92. The molecule has 0 bridgehead atoms. The molecule has 6 nitrogen and oxygen atoms in total. The number of nitrogens with zero attached hydrogens (tertiary/aromatic N) is 1. The SMILES string of the molecule is CC(=O)N1C(=O)/C(=C/c2c(C)cc(OCc3ccccc3)cc2C)NC(=O)[C@@H]1C(C)C. The van der Waals surface area contributed by atoms with Crippen LogP contribution in [0, 0.1) is 19.8 Å². The van der Waals surface area contributed by atoms with E-state index in [1.807, 2.05) is 70.2 Å². The van der Waals surface area contributed by atoms with Crippen LogP contribution >= 0.6 is 0 Å². The summed E-state index contributed by atoms with van der Waals surface area (Å²) in [6, 6.07) is 12.9. The van der Waals surface area contributed by atoms with Gasteiger partial charge in [-0.3, -0.25) is 19.3 Å². The fourth-order valence-electron chi connectivity index (χ4n) is 3.80. The van der Waals surface area contributed by atoms with Gasteiger partial charge < -0.3 is 10.1 Å². The first-order chi connectivity index (χ1) is 14.7. The minimum Gasteiger partial charge on any atom is -0.489 e. The van der Waals surface area contributed by atoms with Gasteiger partial charge in [-0.15, -0.1) is 0 Å². The Labute approximate surface area is 182 Å². The number of rotatable bonds is 5. The molecule has 162 valence electrons. The van der Waals surface area contributed by atoms with Gasteiger partial charge in [0.05, 0.1) is 0 Å². The van der Waals surface area contributed by atoms with Crippen LogP contribution in [0.4, 0.5) is 0 Å². The highest BCUT2D eigenvalue weighted by Crippen LogP contribution is 2.27. The fraction of sp³-hybridized carbons (Fsp3) is 0.320. The molecule has 1 atom stereocenters. The van der Waals surface area contributed by atoms with Crippen LogP contribution in [0.15, 0.2) is 48.2 Å². The van der Waals surface area contributed by atoms with Gasteiger partial charge in [-0.2, -0.15) is 0 Å². The van der Waals surface area contributed by atoms with Gasteiger partial charge >= 0.3 is 0 Å². The molecular weight excluding hydrogens is 392 g/mol. The molecule has 1 fully saturated rings. The van der Waals surface area contributed by atoms with E-state index >= 15 is 0 Å². The molecule has 0 aliphatic carbocycles. The van der Waals surface area contributed by atoms with Crippen LogP contribution in [0.1, 0.15) is 43.0 Å². The number of amides is 3. The average molecular weight is 421 g/mol. The Hall–Kier alpha value is -3.41. The van der Waals surface area contributed by atoms with Gasteiger partial charge in [-0.05, 0) is 60.2 Å². The van der Waals surface area contributed by atoms with E-state index in [2.05, 4.69) is 5.32 Å². The van der Waals surface area contributed by atoms with Crippen LogP contribution in [-0.4, -0.2) is 28.7 Å². The zero-order valence-corrected chi connectivity index (χ0v) is 18.6. The molecule has 1 aliphatic rings. The lowest BCUT2D eigenvalue weighted by atomic mass is 9.96. The summed E-state index contributed by atoms with van der Waals surface area (Å²) in [6.45, 7) is 9.22. The topological polar surface area (TPSA) is 75.7 Å². The van der Waals surface area contributed by atoms with Gasteiger partial charge in [-0.1, -0.05) is 44.2 Å². The Kier molecular flexibility index (Phi) is 6.59. The summed E-state index contributed by atoms with van der Waals surface area (Å²) in [6.07, 6.45) is 1.64. The van der Waals surface area contributed by atoms with Crippen LogP contribution in [0.2, 0.25) is 0 Å². The number of benzene rings is 2. The van der Waals surface area contributed by atoms with E-state index in [9.17, 15) is 14.4 Å². The van der Waals surface area contributed by atoms with Gasteiger partial charge in [-0.25, -0.2) is 0 Å². The van der Waals surface area contributed by atoms with Crippen molar-refractivity contribution in [3.63, 3.8) is 0 Å². The summed E-state index contributed by atoms with van der Waals surface area (Å²) in [5.74, 6) is -0.741. The quantitative estimate of drug-likeness (QED) is 0.748. The minimum atomic E-state index is -0.807. The summed E-state index contributed by atoms with van der Waals surface area (Å²) in [5, 5.41) is 2.69. The lowest BCUT2D eigenvalue weighted by Crippen LogP contribution is -2.60. The largest absolute Gasteiger partial charge is 0.489 e. The van der Waals surface area contributed by atoms with Crippen molar-refractivity contribution in [1.29, 1.82) is 0 Å². The second-order valence-corrected chi connectivity index (χ2v) is 8.18. The fourth-order valence-corrected chi connectivity index (χ4v) is 3.80. The zero-order valence-electron chi connectivity index (χ0n) is 18.6. The molecule has 6 heteroatoms. The maximum atomic E-state index is 13.0. The van der Waals surface area contributed by atoms with Gasteiger partial charge in [0.1, 0.15) is 24.1 Å².